The third-order valence-electron chi connectivity index (χ3n) is 6.25. The number of hydrogen-bond acceptors (Lipinski definition) is 6. The van der Waals surface area contributed by atoms with E-state index in [0.717, 1.165) is 52.5 Å². The number of primary amides is 1. The van der Waals surface area contributed by atoms with Gasteiger partial charge in [-0.3, -0.25) is 4.79 Å². The minimum absolute atomic E-state index is 0.269. The molecule has 0 radical (unpaired) electrons. The maximum absolute atomic E-state index is 12.3. The number of benzene rings is 2. The summed E-state index contributed by atoms with van der Waals surface area (Å²) in [5.41, 5.74) is 14.0. The third kappa shape index (κ3) is 3.99. The lowest BCUT2D eigenvalue weighted by Gasteiger charge is -2.35. The van der Waals surface area contributed by atoms with E-state index < -0.39 is 11.7 Å². The molecular formula is C25H26N2O4S. The summed E-state index contributed by atoms with van der Waals surface area (Å²) < 4.78 is 17.6. The summed E-state index contributed by atoms with van der Waals surface area (Å²) in [6, 6.07) is 17.3. The normalized spacial score (nSPS) is 18.1. The van der Waals surface area contributed by atoms with E-state index in [9.17, 15) is 4.79 Å². The average Bonchev–Trinajstić information content (AvgIpc) is 3.40. The second kappa shape index (κ2) is 8.58. The van der Waals surface area contributed by atoms with Gasteiger partial charge in [-0.1, -0.05) is 18.2 Å². The molecule has 1 saturated carbocycles. The fourth-order valence-corrected chi connectivity index (χ4v) is 6.02. The highest BCUT2D eigenvalue weighted by Gasteiger charge is 2.41. The fourth-order valence-electron chi connectivity index (χ4n) is 4.62. The Morgan fingerprint density at radius 1 is 0.969 bits per heavy atom. The number of para-hydroxylation sites is 1. The molecule has 1 aromatic heterocycles. The van der Waals surface area contributed by atoms with Crippen molar-refractivity contribution in [2.75, 3.05) is 18.9 Å². The lowest BCUT2D eigenvalue weighted by atomic mass is 9.83. The standard InChI is InChI=1S/C25H26N2O4S/c26-21-20(24(27)28)22(16-6-8-19(9-7-16)31-18-4-2-1-3-5-18)32-23(21)17-10-12-25(13-11-17)29-14-15-30-25/h1-9,17H,10-15,26H2,(H2,27,28). The number of anilines is 1. The van der Waals surface area contributed by atoms with Crippen molar-refractivity contribution in [3.63, 3.8) is 0 Å². The summed E-state index contributed by atoms with van der Waals surface area (Å²) in [6.07, 6.45) is 3.49. The first-order valence-corrected chi connectivity index (χ1v) is 11.7. The van der Waals surface area contributed by atoms with Crippen molar-refractivity contribution >= 4 is 22.9 Å². The second-order valence-electron chi connectivity index (χ2n) is 8.27. The smallest absolute Gasteiger partial charge is 0.252 e. The molecule has 1 spiro atoms. The van der Waals surface area contributed by atoms with E-state index in [0.29, 0.717) is 24.5 Å². The summed E-state index contributed by atoms with van der Waals surface area (Å²) in [4.78, 5) is 14.2. The summed E-state index contributed by atoms with van der Waals surface area (Å²) in [7, 11) is 0. The number of carbonyl (C=O) groups excluding carboxylic acids is 1. The number of carbonyl (C=O) groups is 1. The number of nitrogen functional groups attached to an aromatic ring is 1. The van der Waals surface area contributed by atoms with Gasteiger partial charge in [0.05, 0.1) is 24.5 Å². The lowest BCUT2D eigenvalue weighted by molar-refractivity contribution is -0.178. The molecule has 7 heteroatoms. The van der Waals surface area contributed by atoms with E-state index in [1.54, 1.807) is 11.3 Å². The van der Waals surface area contributed by atoms with Gasteiger partial charge in [-0.25, -0.2) is 0 Å². The first-order chi connectivity index (χ1) is 15.5. The van der Waals surface area contributed by atoms with E-state index in [4.69, 9.17) is 25.7 Å². The van der Waals surface area contributed by atoms with Gasteiger partial charge in [0.2, 0.25) is 0 Å². The van der Waals surface area contributed by atoms with Gasteiger partial charge in [0, 0.05) is 22.6 Å². The number of thiophene rings is 1. The quantitative estimate of drug-likeness (QED) is 0.551. The largest absolute Gasteiger partial charge is 0.457 e. The zero-order valence-electron chi connectivity index (χ0n) is 17.7. The Hall–Kier alpha value is -2.87. The molecule has 166 valence electrons. The Labute approximate surface area is 191 Å². The fraction of sp³-hybridized carbons (Fsp3) is 0.320. The molecule has 1 aliphatic heterocycles. The van der Waals surface area contributed by atoms with Crippen molar-refractivity contribution in [2.45, 2.75) is 37.4 Å². The van der Waals surface area contributed by atoms with Gasteiger partial charge in [0.25, 0.3) is 5.91 Å². The zero-order chi connectivity index (χ0) is 22.1. The van der Waals surface area contributed by atoms with Gasteiger partial charge in [0.15, 0.2) is 5.79 Å². The lowest BCUT2D eigenvalue weighted by Crippen LogP contribution is -2.34. The van der Waals surface area contributed by atoms with Crippen LogP contribution >= 0.6 is 11.3 Å². The summed E-state index contributed by atoms with van der Waals surface area (Å²) in [5, 5.41) is 0. The molecule has 32 heavy (non-hydrogen) atoms. The Bertz CT molecular complexity index is 1090. The molecular weight excluding hydrogens is 424 g/mol. The molecule has 1 saturated heterocycles. The van der Waals surface area contributed by atoms with Gasteiger partial charge < -0.3 is 25.7 Å². The SMILES string of the molecule is NC(=O)c1c(-c2ccc(Oc3ccccc3)cc2)sc(C2CCC3(CC2)OCCO3)c1N. The number of hydrogen-bond donors (Lipinski definition) is 2. The van der Waals surface area contributed by atoms with Crippen LogP contribution in [0.1, 0.15) is 46.8 Å². The average molecular weight is 451 g/mol. The van der Waals surface area contributed by atoms with Crippen LogP contribution in [-0.4, -0.2) is 24.9 Å². The number of rotatable bonds is 5. The van der Waals surface area contributed by atoms with E-state index in [1.807, 2.05) is 54.6 Å². The summed E-state index contributed by atoms with van der Waals surface area (Å²) in [6.45, 7) is 1.32. The molecule has 2 heterocycles. The number of amides is 1. The van der Waals surface area contributed by atoms with Crippen molar-refractivity contribution in [3.05, 3.63) is 65.0 Å². The molecule has 3 aromatic rings. The molecule has 2 aromatic carbocycles. The van der Waals surface area contributed by atoms with Crippen LogP contribution in [0.25, 0.3) is 10.4 Å². The molecule has 1 amide bonds. The highest BCUT2D eigenvalue weighted by atomic mass is 32.1. The van der Waals surface area contributed by atoms with Crippen LogP contribution in [0.3, 0.4) is 0 Å². The summed E-state index contributed by atoms with van der Waals surface area (Å²) in [5.74, 6) is 0.836. The number of nitrogens with two attached hydrogens (primary N) is 2. The predicted molar refractivity (Wildman–Crippen MR) is 125 cm³/mol. The zero-order valence-corrected chi connectivity index (χ0v) is 18.5. The van der Waals surface area contributed by atoms with Crippen molar-refractivity contribution in [1.82, 2.24) is 0 Å². The summed E-state index contributed by atoms with van der Waals surface area (Å²) >= 11 is 1.57. The van der Waals surface area contributed by atoms with E-state index in [1.165, 1.54) is 0 Å². The van der Waals surface area contributed by atoms with Crippen LogP contribution in [0.5, 0.6) is 11.5 Å². The van der Waals surface area contributed by atoms with Crippen molar-refractivity contribution < 1.29 is 19.0 Å². The van der Waals surface area contributed by atoms with Gasteiger partial charge >= 0.3 is 0 Å². The minimum atomic E-state index is -0.501. The molecule has 0 atom stereocenters. The first-order valence-electron chi connectivity index (χ1n) is 10.9. The molecule has 6 nitrogen and oxygen atoms in total. The molecule has 4 N–H and O–H groups in total. The monoisotopic (exact) mass is 450 g/mol. The molecule has 0 bridgehead atoms. The molecule has 5 rings (SSSR count). The Morgan fingerprint density at radius 2 is 1.59 bits per heavy atom. The van der Waals surface area contributed by atoms with Gasteiger partial charge in [-0.15, -0.1) is 11.3 Å². The van der Waals surface area contributed by atoms with Gasteiger partial charge in [0.1, 0.15) is 11.5 Å². The van der Waals surface area contributed by atoms with Crippen LogP contribution in [-0.2, 0) is 9.47 Å². The Balaban J connectivity index is 1.40. The highest BCUT2D eigenvalue weighted by Crippen LogP contribution is 2.49. The second-order valence-corrected chi connectivity index (χ2v) is 9.32. The van der Waals surface area contributed by atoms with Crippen molar-refractivity contribution in [1.29, 1.82) is 0 Å². The number of ether oxygens (including phenoxy) is 3. The van der Waals surface area contributed by atoms with Gasteiger partial charge in [-0.05, 0) is 60.7 Å². The van der Waals surface area contributed by atoms with Crippen LogP contribution in [0.15, 0.2) is 54.6 Å². The van der Waals surface area contributed by atoms with Crippen LogP contribution in [0.4, 0.5) is 5.69 Å². The minimum Gasteiger partial charge on any atom is -0.457 e. The predicted octanol–water partition coefficient (Wildman–Crippen LogP) is 5.29. The topological polar surface area (TPSA) is 96.8 Å². The molecule has 0 unspecified atom stereocenters. The molecule has 1 aliphatic carbocycles. The molecule has 2 fully saturated rings. The van der Waals surface area contributed by atoms with Gasteiger partial charge in [-0.2, -0.15) is 0 Å². The maximum atomic E-state index is 12.3. The maximum Gasteiger partial charge on any atom is 0.252 e. The van der Waals surface area contributed by atoms with E-state index >= 15 is 0 Å². The Morgan fingerprint density at radius 3 is 2.22 bits per heavy atom. The first kappa shape index (κ1) is 21.0. The Kier molecular flexibility index (Phi) is 5.63. The van der Waals surface area contributed by atoms with Crippen LogP contribution < -0.4 is 16.2 Å². The van der Waals surface area contributed by atoms with Crippen LogP contribution in [0.2, 0.25) is 0 Å². The van der Waals surface area contributed by atoms with E-state index in [-0.39, 0.29) is 5.92 Å². The van der Waals surface area contributed by atoms with Crippen molar-refractivity contribution in [2.24, 2.45) is 5.73 Å². The van der Waals surface area contributed by atoms with Crippen molar-refractivity contribution in [3.8, 4) is 21.9 Å². The van der Waals surface area contributed by atoms with E-state index in [2.05, 4.69) is 0 Å². The third-order valence-corrected chi connectivity index (χ3v) is 7.66. The highest BCUT2D eigenvalue weighted by molar-refractivity contribution is 7.16. The van der Waals surface area contributed by atoms with Crippen LogP contribution in [0, 0.1) is 0 Å². The molecule has 2 aliphatic rings.